The second-order valence-electron chi connectivity index (χ2n) is 7.11. The van der Waals surface area contributed by atoms with Gasteiger partial charge in [0.25, 0.3) is 10.0 Å². The molecule has 0 radical (unpaired) electrons. The first kappa shape index (κ1) is 26.8. The Morgan fingerprint density at radius 3 is 2.23 bits per heavy atom. The topological polar surface area (TPSA) is 118 Å². The molecule has 3 rings (SSSR count). The molecule has 14 heteroatoms. The van der Waals surface area contributed by atoms with Crippen molar-refractivity contribution in [2.75, 3.05) is 4.72 Å². The van der Waals surface area contributed by atoms with Crippen LogP contribution in [-0.2, 0) is 31.8 Å². The molecule has 186 valence electrons. The minimum atomic E-state index is -4.94. The minimum Gasteiger partial charge on any atom is -0.478 e. The fourth-order valence-corrected chi connectivity index (χ4v) is 6.18. The van der Waals surface area contributed by atoms with Crippen LogP contribution in [0.15, 0.2) is 70.5 Å². The van der Waals surface area contributed by atoms with Gasteiger partial charge in [0, 0.05) is 5.02 Å². The van der Waals surface area contributed by atoms with E-state index < -0.39 is 63.8 Å². The summed E-state index contributed by atoms with van der Waals surface area (Å²) in [4.78, 5) is 10.0. The van der Waals surface area contributed by atoms with Crippen molar-refractivity contribution < 1.29 is 39.9 Å². The summed E-state index contributed by atoms with van der Waals surface area (Å²) in [5, 5.41) is 8.52. The van der Waals surface area contributed by atoms with Crippen LogP contribution in [0.4, 0.5) is 18.9 Å². The molecule has 35 heavy (non-hydrogen) atoms. The summed E-state index contributed by atoms with van der Waals surface area (Å²) in [5.74, 6) is -2.17. The van der Waals surface area contributed by atoms with Gasteiger partial charge in [-0.15, -0.1) is 0 Å². The van der Waals surface area contributed by atoms with E-state index in [1.807, 2.05) is 4.72 Å². The summed E-state index contributed by atoms with van der Waals surface area (Å²) < 4.78 is 93.4. The van der Waals surface area contributed by atoms with Gasteiger partial charge in [0.05, 0.1) is 37.4 Å². The van der Waals surface area contributed by atoms with Crippen molar-refractivity contribution in [3.63, 3.8) is 0 Å². The fourth-order valence-electron chi connectivity index (χ4n) is 3.08. The Kier molecular flexibility index (Phi) is 7.42. The Labute approximate surface area is 208 Å². The number of benzene rings is 3. The maximum Gasteiger partial charge on any atom is 0.417 e. The third kappa shape index (κ3) is 6.07. The summed E-state index contributed by atoms with van der Waals surface area (Å²) >= 11 is 11.4. The van der Waals surface area contributed by atoms with E-state index in [0.717, 1.165) is 24.3 Å². The maximum atomic E-state index is 13.2. The predicted molar refractivity (Wildman–Crippen MR) is 123 cm³/mol. The van der Waals surface area contributed by atoms with Crippen LogP contribution in [-0.4, -0.2) is 27.9 Å². The Bertz CT molecular complexity index is 1520. The van der Waals surface area contributed by atoms with Crippen LogP contribution in [0.25, 0.3) is 0 Å². The SMILES string of the molecule is O=C(O)c1ccccc1CS(=O)(=O)c1ccc(Cl)cc1NS(=O)(=O)c1ccc(Cl)c(C(F)(F)F)c1. The van der Waals surface area contributed by atoms with Crippen LogP contribution >= 0.6 is 23.2 Å². The van der Waals surface area contributed by atoms with Crippen molar-refractivity contribution in [3.05, 3.63) is 87.4 Å². The summed E-state index contributed by atoms with van der Waals surface area (Å²) in [6, 6.07) is 10.3. The number of sulfone groups is 1. The molecule has 0 saturated heterocycles. The molecule has 0 aliphatic heterocycles. The molecular weight excluding hydrogens is 554 g/mol. The fraction of sp³-hybridized carbons (Fsp3) is 0.0952. The molecule has 7 nitrogen and oxygen atoms in total. The highest BCUT2D eigenvalue weighted by molar-refractivity contribution is 7.93. The molecule has 0 amide bonds. The number of hydrogen-bond acceptors (Lipinski definition) is 5. The van der Waals surface area contributed by atoms with Gasteiger partial charge in [-0.3, -0.25) is 4.72 Å². The highest BCUT2D eigenvalue weighted by Crippen LogP contribution is 2.37. The zero-order valence-electron chi connectivity index (χ0n) is 17.2. The lowest BCUT2D eigenvalue weighted by Crippen LogP contribution is -2.18. The Morgan fingerprint density at radius 1 is 0.943 bits per heavy atom. The summed E-state index contributed by atoms with van der Waals surface area (Å²) in [7, 11) is -9.09. The van der Waals surface area contributed by atoms with E-state index in [2.05, 4.69) is 0 Å². The quantitative estimate of drug-likeness (QED) is 0.390. The van der Waals surface area contributed by atoms with E-state index in [4.69, 9.17) is 23.2 Å². The first-order valence-electron chi connectivity index (χ1n) is 9.35. The zero-order valence-corrected chi connectivity index (χ0v) is 20.3. The van der Waals surface area contributed by atoms with Crippen molar-refractivity contribution in [1.82, 2.24) is 0 Å². The highest BCUT2D eigenvalue weighted by Gasteiger charge is 2.35. The normalized spacial score (nSPS) is 12.4. The van der Waals surface area contributed by atoms with Crippen molar-refractivity contribution >= 4 is 54.7 Å². The molecule has 0 atom stereocenters. The van der Waals surface area contributed by atoms with E-state index in [-0.39, 0.29) is 16.1 Å². The highest BCUT2D eigenvalue weighted by atomic mass is 35.5. The lowest BCUT2D eigenvalue weighted by atomic mass is 10.1. The third-order valence-corrected chi connectivity index (χ3v) is 8.31. The molecule has 0 saturated carbocycles. The van der Waals surface area contributed by atoms with Crippen LogP contribution in [0.1, 0.15) is 21.5 Å². The number of anilines is 1. The molecule has 0 aliphatic rings. The number of nitrogens with one attached hydrogen (secondary N) is 1. The van der Waals surface area contributed by atoms with Crippen molar-refractivity contribution in [2.24, 2.45) is 0 Å². The van der Waals surface area contributed by atoms with Crippen molar-refractivity contribution in [1.29, 1.82) is 0 Å². The van der Waals surface area contributed by atoms with Gasteiger partial charge in [-0.05, 0) is 48.0 Å². The van der Waals surface area contributed by atoms with Crippen LogP contribution in [0.3, 0.4) is 0 Å². The second kappa shape index (κ2) is 9.69. The van der Waals surface area contributed by atoms with E-state index >= 15 is 0 Å². The molecule has 0 spiro atoms. The average molecular weight is 568 g/mol. The van der Waals surface area contributed by atoms with Crippen molar-refractivity contribution in [3.8, 4) is 0 Å². The lowest BCUT2D eigenvalue weighted by Gasteiger charge is -2.16. The van der Waals surface area contributed by atoms with Crippen LogP contribution < -0.4 is 4.72 Å². The number of carboxylic acid groups (broad SMARTS) is 1. The zero-order chi connectivity index (χ0) is 26.2. The second-order valence-corrected chi connectivity index (χ2v) is 11.6. The summed E-state index contributed by atoms with van der Waals surface area (Å²) in [6.07, 6.45) is -4.94. The smallest absolute Gasteiger partial charge is 0.417 e. The molecule has 0 aromatic heterocycles. The van der Waals surface area contributed by atoms with Gasteiger partial charge >= 0.3 is 12.1 Å². The van der Waals surface area contributed by atoms with Gasteiger partial charge in [-0.1, -0.05) is 41.4 Å². The number of halogens is 5. The molecule has 0 aliphatic carbocycles. The number of hydrogen-bond donors (Lipinski definition) is 2. The Morgan fingerprint density at radius 2 is 1.60 bits per heavy atom. The van der Waals surface area contributed by atoms with Gasteiger partial charge in [0.1, 0.15) is 0 Å². The van der Waals surface area contributed by atoms with E-state index in [1.165, 1.54) is 30.3 Å². The van der Waals surface area contributed by atoms with Crippen LogP contribution in [0, 0.1) is 0 Å². The lowest BCUT2D eigenvalue weighted by molar-refractivity contribution is -0.137. The first-order chi connectivity index (χ1) is 16.1. The molecule has 0 bridgehead atoms. The van der Waals surface area contributed by atoms with Gasteiger partial charge in [-0.25, -0.2) is 21.6 Å². The minimum absolute atomic E-state index is 0.0590. The summed E-state index contributed by atoms with van der Waals surface area (Å²) in [6.45, 7) is 0. The number of rotatable bonds is 7. The monoisotopic (exact) mass is 567 g/mol. The number of carboxylic acids is 1. The van der Waals surface area contributed by atoms with Gasteiger partial charge in [-0.2, -0.15) is 13.2 Å². The largest absolute Gasteiger partial charge is 0.478 e. The van der Waals surface area contributed by atoms with Crippen molar-refractivity contribution in [2.45, 2.75) is 21.7 Å². The van der Waals surface area contributed by atoms with Gasteiger partial charge in [0.2, 0.25) is 0 Å². The molecule has 0 fully saturated rings. The van der Waals surface area contributed by atoms with Gasteiger partial charge in [0.15, 0.2) is 9.84 Å². The van der Waals surface area contributed by atoms with E-state index in [0.29, 0.717) is 6.07 Å². The van der Waals surface area contributed by atoms with E-state index in [1.54, 1.807) is 0 Å². The summed E-state index contributed by atoms with van der Waals surface area (Å²) in [5.41, 5.74) is -2.26. The maximum absolute atomic E-state index is 13.2. The molecule has 2 N–H and O–H groups in total. The Hall–Kier alpha value is -2.80. The Balaban J connectivity index is 2.06. The number of sulfonamides is 1. The van der Waals surface area contributed by atoms with E-state index in [9.17, 15) is 39.9 Å². The van der Waals surface area contributed by atoms with Crippen LogP contribution in [0.5, 0.6) is 0 Å². The molecule has 0 unspecified atom stereocenters. The number of alkyl halides is 3. The molecule has 3 aromatic carbocycles. The molecule has 3 aromatic rings. The first-order valence-corrected chi connectivity index (χ1v) is 13.2. The average Bonchev–Trinajstić information content (AvgIpc) is 2.72. The predicted octanol–water partition coefficient (Wildman–Crippen LogP) is 5.49. The number of carbonyl (C=O) groups is 1. The van der Waals surface area contributed by atoms with Gasteiger partial charge < -0.3 is 5.11 Å². The van der Waals surface area contributed by atoms with Crippen LogP contribution in [0.2, 0.25) is 10.0 Å². The molecule has 0 heterocycles. The number of aromatic carboxylic acids is 1. The standard InChI is InChI=1S/C21H14Cl2F3NO6S2/c22-13-5-8-19(34(30,31)11-12-3-1-2-4-15(12)20(28)29)18(9-13)27-35(32,33)14-6-7-17(23)16(10-14)21(24,25)26/h1-10,27H,11H2,(H,28,29). The molecular formula is C21H14Cl2F3NO6S2. The third-order valence-electron chi connectivity index (χ3n) is 4.67.